The molecule has 0 saturated carbocycles. The van der Waals surface area contributed by atoms with Crippen LogP contribution in [-0.2, 0) is 13.0 Å². The normalized spacial score (nSPS) is 13.3. The number of para-hydroxylation sites is 2. The van der Waals surface area contributed by atoms with Gasteiger partial charge in [-0.05, 0) is 19.1 Å². The summed E-state index contributed by atoms with van der Waals surface area (Å²) in [5.74, 6) is -0.503. The number of aromatic nitrogens is 2. The third kappa shape index (κ3) is 3.03. The number of aromatic carboxylic acids is 1. The van der Waals surface area contributed by atoms with E-state index in [2.05, 4.69) is 15.5 Å². The van der Waals surface area contributed by atoms with Gasteiger partial charge < -0.3 is 20.1 Å². The maximum Gasteiger partial charge on any atom is 0.356 e. The van der Waals surface area contributed by atoms with E-state index in [0.29, 0.717) is 36.6 Å². The summed E-state index contributed by atoms with van der Waals surface area (Å²) >= 11 is 0. The molecule has 0 aliphatic carbocycles. The number of urea groups is 1. The highest BCUT2D eigenvalue weighted by molar-refractivity contribution is 5.92. The number of hydrogen-bond donors (Lipinski definition) is 3. The molecule has 2 amide bonds. The molecule has 3 N–H and O–H groups in total. The van der Waals surface area contributed by atoms with Crippen LogP contribution in [0.3, 0.4) is 0 Å². The van der Waals surface area contributed by atoms with Crippen molar-refractivity contribution >= 4 is 17.7 Å². The van der Waals surface area contributed by atoms with Gasteiger partial charge in [0.2, 0.25) is 0 Å². The average Bonchev–Trinajstić information content (AvgIpc) is 3.00. The summed E-state index contributed by atoms with van der Waals surface area (Å²) in [7, 11) is 0. The summed E-state index contributed by atoms with van der Waals surface area (Å²) in [6, 6.07) is 6.89. The van der Waals surface area contributed by atoms with Crippen molar-refractivity contribution in [2.75, 3.05) is 18.5 Å². The van der Waals surface area contributed by atoms with Gasteiger partial charge in [0.25, 0.3) is 0 Å². The minimum Gasteiger partial charge on any atom is -0.492 e. The van der Waals surface area contributed by atoms with E-state index in [1.165, 1.54) is 0 Å². The highest BCUT2D eigenvalue weighted by Crippen LogP contribution is 2.25. The van der Waals surface area contributed by atoms with E-state index in [0.717, 1.165) is 5.69 Å². The predicted octanol–water partition coefficient (Wildman–Crippen LogP) is 2.10. The number of carbonyl (C=O) groups excluding carboxylic acids is 1. The number of aromatic amines is 1. The summed E-state index contributed by atoms with van der Waals surface area (Å²) in [5, 5.41) is 18.5. The van der Waals surface area contributed by atoms with Gasteiger partial charge >= 0.3 is 12.0 Å². The van der Waals surface area contributed by atoms with Gasteiger partial charge in [-0.2, -0.15) is 5.10 Å². The number of hydrogen-bond acceptors (Lipinski definition) is 4. The number of benzene rings is 1. The zero-order valence-corrected chi connectivity index (χ0v) is 13.2. The van der Waals surface area contributed by atoms with Gasteiger partial charge in [-0.15, -0.1) is 0 Å². The Kier molecular flexibility index (Phi) is 4.37. The van der Waals surface area contributed by atoms with Crippen molar-refractivity contribution in [1.29, 1.82) is 0 Å². The number of carbonyl (C=O) groups is 2. The highest BCUT2D eigenvalue weighted by atomic mass is 16.5. The molecule has 8 heteroatoms. The predicted molar refractivity (Wildman–Crippen MR) is 86.3 cm³/mol. The first kappa shape index (κ1) is 15.9. The molecular formula is C16H18N4O4. The molecule has 0 unspecified atom stereocenters. The third-order valence-corrected chi connectivity index (χ3v) is 3.85. The summed E-state index contributed by atoms with van der Waals surface area (Å²) < 4.78 is 5.49. The lowest BCUT2D eigenvalue weighted by Gasteiger charge is -2.27. The molecule has 126 valence electrons. The lowest BCUT2D eigenvalue weighted by Crippen LogP contribution is -2.39. The fourth-order valence-corrected chi connectivity index (χ4v) is 2.69. The monoisotopic (exact) mass is 330 g/mol. The van der Waals surface area contributed by atoms with Crippen molar-refractivity contribution in [3.63, 3.8) is 0 Å². The molecule has 1 aromatic heterocycles. The van der Waals surface area contributed by atoms with Gasteiger partial charge in [-0.1, -0.05) is 12.1 Å². The van der Waals surface area contributed by atoms with Crippen LogP contribution >= 0.6 is 0 Å². The highest BCUT2D eigenvalue weighted by Gasteiger charge is 2.27. The first-order chi connectivity index (χ1) is 11.6. The Labute approximate surface area is 138 Å². The molecule has 8 nitrogen and oxygen atoms in total. The lowest BCUT2D eigenvalue weighted by molar-refractivity contribution is 0.0688. The van der Waals surface area contributed by atoms with Crippen LogP contribution in [0.2, 0.25) is 0 Å². The molecule has 0 spiro atoms. The van der Waals surface area contributed by atoms with Crippen molar-refractivity contribution in [3.8, 4) is 5.75 Å². The second-order valence-corrected chi connectivity index (χ2v) is 5.37. The standard InChI is InChI=1S/C16H18N4O4/c1-2-24-13-6-4-3-5-12(13)17-16(23)20-8-7-11-10(9-20)14(15(21)22)19-18-11/h3-6H,2,7-9H2,1H3,(H,17,23)(H,18,19)(H,21,22). The molecule has 1 aliphatic rings. The maximum absolute atomic E-state index is 12.5. The average molecular weight is 330 g/mol. The molecular weight excluding hydrogens is 312 g/mol. The molecule has 0 saturated heterocycles. The van der Waals surface area contributed by atoms with Gasteiger partial charge in [-0.3, -0.25) is 5.10 Å². The number of nitrogens with zero attached hydrogens (tertiary/aromatic N) is 2. The van der Waals surface area contributed by atoms with Crippen LogP contribution in [-0.4, -0.2) is 45.4 Å². The Morgan fingerprint density at radius 1 is 1.42 bits per heavy atom. The number of ether oxygens (including phenoxy) is 1. The Morgan fingerprint density at radius 3 is 2.96 bits per heavy atom. The van der Waals surface area contributed by atoms with Crippen molar-refractivity contribution in [1.82, 2.24) is 15.1 Å². The molecule has 0 radical (unpaired) electrons. The van der Waals surface area contributed by atoms with E-state index < -0.39 is 5.97 Å². The molecule has 0 fully saturated rings. The first-order valence-corrected chi connectivity index (χ1v) is 7.67. The fraction of sp³-hybridized carbons (Fsp3) is 0.312. The van der Waals surface area contributed by atoms with Crippen molar-refractivity contribution < 1.29 is 19.4 Å². The van der Waals surface area contributed by atoms with Gasteiger partial charge in [0.1, 0.15) is 5.75 Å². The largest absolute Gasteiger partial charge is 0.492 e. The minimum atomic E-state index is -1.10. The van der Waals surface area contributed by atoms with Gasteiger partial charge in [-0.25, -0.2) is 9.59 Å². The molecule has 2 heterocycles. The number of H-pyrrole nitrogens is 1. The van der Waals surface area contributed by atoms with E-state index in [-0.39, 0.29) is 18.3 Å². The summed E-state index contributed by atoms with van der Waals surface area (Å²) in [6.07, 6.45) is 0.538. The Hall–Kier alpha value is -3.03. The number of rotatable bonds is 4. The molecule has 0 bridgehead atoms. The van der Waals surface area contributed by atoms with Crippen LogP contribution in [0, 0.1) is 0 Å². The first-order valence-electron chi connectivity index (χ1n) is 7.67. The number of anilines is 1. The quantitative estimate of drug-likeness (QED) is 0.795. The van der Waals surface area contributed by atoms with Crippen LogP contribution in [0.25, 0.3) is 0 Å². The SMILES string of the molecule is CCOc1ccccc1NC(=O)N1CCc2[nH]nc(C(=O)O)c2C1. The van der Waals surface area contributed by atoms with E-state index in [9.17, 15) is 9.59 Å². The Morgan fingerprint density at radius 2 is 2.21 bits per heavy atom. The van der Waals surface area contributed by atoms with E-state index in [1.54, 1.807) is 17.0 Å². The summed E-state index contributed by atoms with van der Waals surface area (Å²) in [6.45, 7) is 3.06. The van der Waals surface area contributed by atoms with Gasteiger partial charge in [0.15, 0.2) is 5.69 Å². The maximum atomic E-state index is 12.5. The van der Waals surface area contributed by atoms with E-state index in [1.807, 2.05) is 19.1 Å². The van der Waals surface area contributed by atoms with Crippen LogP contribution < -0.4 is 10.1 Å². The molecule has 24 heavy (non-hydrogen) atoms. The molecule has 3 rings (SSSR count). The van der Waals surface area contributed by atoms with Crippen molar-refractivity contribution in [3.05, 3.63) is 41.2 Å². The number of amides is 2. The van der Waals surface area contributed by atoms with E-state index >= 15 is 0 Å². The summed E-state index contributed by atoms with van der Waals surface area (Å²) in [4.78, 5) is 25.3. The second kappa shape index (κ2) is 6.61. The van der Waals surface area contributed by atoms with E-state index in [4.69, 9.17) is 9.84 Å². The van der Waals surface area contributed by atoms with Crippen molar-refractivity contribution in [2.24, 2.45) is 0 Å². The molecule has 0 atom stereocenters. The molecule has 1 aromatic carbocycles. The molecule has 2 aromatic rings. The lowest BCUT2D eigenvalue weighted by atomic mass is 10.1. The number of carboxylic acids is 1. The number of nitrogens with one attached hydrogen (secondary N) is 2. The van der Waals surface area contributed by atoms with Gasteiger partial charge in [0.05, 0.1) is 18.8 Å². The number of fused-ring (bicyclic) bond motifs is 1. The molecule has 1 aliphatic heterocycles. The zero-order chi connectivity index (χ0) is 17.1. The third-order valence-electron chi connectivity index (χ3n) is 3.85. The van der Waals surface area contributed by atoms with Crippen LogP contribution in [0.1, 0.15) is 28.7 Å². The second-order valence-electron chi connectivity index (χ2n) is 5.37. The zero-order valence-electron chi connectivity index (χ0n) is 13.2. The number of carboxylic acid groups (broad SMARTS) is 1. The van der Waals surface area contributed by atoms with Gasteiger partial charge in [0, 0.05) is 24.2 Å². The van der Waals surface area contributed by atoms with Crippen LogP contribution in [0.15, 0.2) is 24.3 Å². The minimum absolute atomic E-state index is 0.0304. The van der Waals surface area contributed by atoms with Crippen LogP contribution in [0.5, 0.6) is 5.75 Å². The van der Waals surface area contributed by atoms with Crippen molar-refractivity contribution in [2.45, 2.75) is 19.9 Å². The fourth-order valence-electron chi connectivity index (χ4n) is 2.69. The Balaban J connectivity index is 1.75. The van der Waals surface area contributed by atoms with Crippen LogP contribution in [0.4, 0.5) is 10.5 Å². The smallest absolute Gasteiger partial charge is 0.356 e. The summed E-state index contributed by atoms with van der Waals surface area (Å²) in [5.41, 5.74) is 1.88. The topological polar surface area (TPSA) is 108 Å². The Bertz CT molecular complexity index is 771.